The van der Waals surface area contributed by atoms with Gasteiger partial charge in [-0.15, -0.1) is 0 Å². The third-order valence-electron chi connectivity index (χ3n) is 8.67. The van der Waals surface area contributed by atoms with Crippen molar-refractivity contribution in [2.45, 2.75) is 108 Å². The lowest BCUT2D eigenvalue weighted by molar-refractivity contribution is -0.260. The molecule has 0 spiro atoms. The lowest BCUT2D eigenvalue weighted by atomic mass is 9.73. The minimum absolute atomic E-state index is 0.0812. The Hall–Kier alpha value is -1.65. The molecule has 0 aliphatic carbocycles. The SMILES string of the molecule is CCOC(=O)[C@@](O)([C@@H]1OC(CC)(CC)O[C@H]1COCOCCOC)[C@@]1(C(=O)SC)OC(CC)(CC)O[C@@H]1COCc1ccccc1. The Bertz CT molecular complexity index is 1080. The highest BCUT2D eigenvalue weighted by Gasteiger charge is 2.78. The van der Waals surface area contributed by atoms with Gasteiger partial charge in [0.05, 0.1) is 39.6 Å². The Kier molecular flexibility index (Phi) is 14.9. The normalized spacial score (nSPS) is 26.6. The lowest BCUT2D eigenvalue weighted by Gasteiger charge is -2.46. The summed E-state index contributed by atoms with van der Waals surface area (Å²) in [5.41, 5.74) is -4.18. The molecule has 2 saturated heterocycles. The fraction of sp³-hybridized carbons (Fsp3) is 0.758. The molecular formula is C33H52O12S. The van der Waals surface area contributed by atoms with Crippen LogP contribution in [0.1, 0.15) is 65.9 Å². The van der Waals surface area contributed by atoms with Gasteiger partial charge >= 0.3 is 5.97 Å². The van der Waals surface area contributed by atoms with Gasteiger partial charge in [0.1, 0.15) is 25.1 Å². The van der Waals surface area contributed by atoms with Crippen LogP contribution in [0.2, 0.25) is 0 Å². The summed E-state index contributed by atoms with van der Waals surface area (Å²) in [5.74, 6) is -3.61. The number of thioether (sulfide) groups is 1. The molecule has 0 unspecified atom stereocenters. The summed E-state index contributed by atoms with van der Waals surface area (Å²) < 4.78 is 54.0. The van der Waals surface area contributed by atoms with E-state index in [2.05, 4.69) is 0 Å². The minimum Gasteiger partial charge on any atom is -0.464 e. The maximum atomic E-state index is 14.4. The summed E-state index contributed by atoms with van der Waals surface area (Å²) in [5, 5.41) is 12.4. The van der Waals surface area contributed by atoms with Gasteiger partial charge in [0.15, 0.2) is 11.6 Å². The topological polar surface area (TPSA) is 137 Å². The van der Waals surface area contributed by atoms with Crippen LogP contribution < -0.4 is 0 Å². The van der Waals surface area contributed by atoms with E-state index in [0.29, 0.717) is 38.9 Å². The van der Waals surface area contributed by atoms with Crippen LogP contribution >= 0.6 is 11.8 Å². The first kappa shape index (κ1) is 38.8. The van der Waals surface area contributed by atoms with E-state index in [1.54, 1.807) is 20.3 Å². The van der Waals surface area contributed by atoms with Crippen LogP contribution in [0.25, 0.3) is 0 Å². The van der Waals surface area contributed by atoms with Crippen molar-refractivity contribution >= 4 is 22.8 Å². The molecule has 2 aliphatic heterocycles. The zero-order valence-corrected chi connectivity index (χ0v) is 29.1. The smallest absolute Gasteiger partial charge is 0.344 e. The van der Waals surface area contributed by atoms with E-state index in [1.165, 1.54) is 0 Å². The largest absolute Gasteiger partial charge is 0.464 e. The van der Waals surface area contributed by atoms with Gasteiger partial charge in [-0.25, -0.2) is 4.79 Å². The first-order chi connectivity index (χ1) is 22.1. The summed E-state index contributed by atoms with van der Waals surface area (Å²) >= 11 is 0.812. The molecule has 0 aromatic heterocycles. The standard InChI is InChI=1S/C33H52O12S/c1-8-30(9-2)42-25(21-40-23-38-19-18-37-6)27(44-30)32(36,28(34)41-12-5)33(29(35)46-7)26(43-31(10-3,11-4)45-33)22-39-20-24-16-14-13-15-17-24/h13-17,25-27,36H,8-12,18-23H2,1-7H3/t25-,26+,27+,32-,33+/m0/s1. The third-order valence-corrected chi connectivity index (χ3v) is 9.35. The van der Waals surface area contributed by atoms with Crippen molar-refractivity contribution in [2.75, 3.05) is 53.2 Å². The fourth-order valence-corrected chi connectivity index (χ4v) is 6.61. The van der Waals surface area contributed by atoms with E-state index >= 15 is 0 Å². The van der Waals surface area contributed by atoms with Crippen molar-refractivity contribution in [3.8, 4) is 0 Å². The van der Waals surface area contributed by atoms with Crippen LogP contribution in [-0.4, -0.2) is 110 Å². The van der Waals surface area contributed by atoms with E-state index in [0.717, 1.165) is 17.3 Å². The van der Waals surface area contributed by atoms with Gasteiger partial charge in [0.2, 0.25) is 16.3 Å². The Balaban J connectivity index is 2.14. The fourth-order valence-electron chi connectivity index (χ4n) is 5.98. The average Bonchev–Trinajstić information content (AvgIpc) is 3.64. The van der Waals surface area contributed by atoms with Gasteiger partial charge in [-0.05, 0) is 44.4 Å². The van der Waals surface area contributed by atoms with Gasteiger partial charge in [-0.2, -0.15) is 0 Å². The number of rotatable bonds is 20. The first-order valence-electron chi connectivity index (χ1n) is 16.1. The minimum atomic E-state index is -2.76. The molecule has 5 atom stereocenters. The second-order valence-corrected chi connectivity index (χ2v) is 12.0. The van der Waals surface area contributed by atoms with Gasteiger partial charge < -0.3 is 47.7 Å². The molecule has 13 heteroatoms. The molecule has 3 rings (SSSR count). The molecule has 262 valence electrons. The molecule has 0 radical (unpaired) electrons. The zero-order chi connectivity index (χ0) is 33.8. The van der Waals surface area contributed by atoms with Crippen molar-refractivity contribution in [3.05, 3.63) is 35.9 Å². The van der Waals surface area contributed by atoms with E-state index in [9.17, 15) is 14.7 Å². The van der Waals surface area contributed by atoms with E-state index < -0.39 is 52.2 Å². The van der Waals surface area contributed by atoms with E-state index in [1.807, 2.05) is 58.0 Å². The number of esters is 1. The van der Waals surface area contributed by atoms with Crippen molar-refractivity contribution in [2.24, 2.45) is 0 Å². The summed E-state index contributed by atoms with van der Waals surface area (Å²) in [6.45, 7) is 9.46. The highest BCUT2D eigenvalue weighted by atomic mass is 32.2. The first-order valence-corrected chi connectivity index (χ1v) is 17.3. The van der Waals surface area contributed by atoms with Gasteiger partial charge in [-0.1, -0.05) is 69.8 Å². The summed E-state index contributed by atoms with van der Waals surface area (Å²) in [6.07, 6.45) is -0.747. The molecule has 46 heavy (non-hydrogen) atoms. The van der Waals surface area contributed by atoms with Gasteiger partial charge in [0, 0.05) is 7.11 Å². The third kappa shape index (κ3) is 7.96. The second kappa shape index (κ2) is 17.7. The molecule has 1 N–H and O–H groups in total. The van der Waals surface area contributed by atoms with Crippen LogP contribution in [0.5, 0.6) is 0 Å². The number of carbonyl (C=O) groups excluding carboxylic acids is 2. The molecule has 2 aliphatic rings. The van der Waals surface area contributed by atoms with Crippen molar-refractivity contribution in [3.63, 3.8) is 0 Å². The quantitative estimate of drug-likeness (QED) is 0.122. The van der Waals surface area contributed by atoms with Crippen LogP contribution in [0, 0.1) is 0 Å². The van der Waals surface area contributed by atoms with Crippen LogP contribution in [-0.2, 0) is 58.8 Å². The predicted octanol–water partition coefficient (Wildman–Crippen LogP) is 3.99. The Morgan fingerprint density at radius 3 is 2.15 bits per heavy atom. The molecule has 2 heterocycles. The monoisotopic (exact) mass is 672 g/mol. The predicted molar refractivity (Wildman–Crippen MR) is 170 cm³/mol. The molecular weight excluding hydrogens is 620 g/mol. The number of hydrogen-bond donors (Lipinski definition) is 1. The maximum absolute atomic E-state index is 14.4. The highest BCUT2D eigenvalue weighted by Crippen LogP contribution is 2.53. The van der Waals surface area contributed by atoms with Gasteiger partial charge in [0.25, 0.3) is 0 Å². The van der Waals surface area contributed by atoms with Crippen molar-refractivity contribution in [1.82, 2.24) is 0 Å². The molecule has 2 fully saturated rings. The number of benzene rings is 1. The average molecular weight is 673 g/mol. The van der Waals surface area contributed by atoms with Crippen LogP contribution in [0.15, 0.2) is 30.3 Å². The molecule has 12 nitrogen and oxygen atoms in total. The number of carbonyl (C=O) groups is 2. The summed E-state index contributed by atoms with van der Waals surface area (Å²) in [6, 6.07) is 9.50. The Labute approximate surface area is 277 Å². The van der Waals surface area contributed by atoms with Gasteiger partial charge in [-0.3, -0.25) is 4.79 Å². The zero-order valence-electron chi connectivity index (χ0n) is 28.2. The van der Waals surface area contributed by atoms with E-state index in [-0.39, 0.29) is 33.2 Å². The number of methoxy groups -OCH3 is 1. The highest BCUT2D eigenvalue weighted by molar-refractivity contribution is 8.13. The lowest BCUT2D eigenvalue weighted by Crippen LogP contribution is -2.75. The number of ether oxygens (including phenoxy) is 9. The van der Waals surface area contributed by atoms with Crippen molar-refractivity contribution in [1.29, 1.82) is 0 Å². The van der Waals surface area contributed by atoms with Crippen molar-refractivity contribution < 1.29 is 57.3 Å². The Morgan fingerprint density at radius 1 is 0.891 bits per heavy atom. The Morgan fingerprint density at radius 2 is 1.57 bits per heavy atom. The second-order valence-electron chi connectivity index (χ2n) is 11.2. The molecule has 0 bridgehead atoms. The summed E-state index contributed by atoms with van der Waals surface area (Å²) in [4.78, 5) is 28.6. The summed E-state index contributed by atoms with van der Waals surface area (Å²) in [7, 11) is 1.57. The molecule has 1 aromatic rings. The maximum Gasteiger partial charge on any atom is 0.344 e. The van der Waals surface area contributed by atoms with E-state index in [4.69, 9.17) is 42.6 Å². The van der Waals surface area contributed by atoms with Crippen LogP contribution in [0.3, 0.4) is 0 Å². The number of hydrogen-bond acceptors (Lipinski definition) is 13. The number of aliphatic hydroxyl groups is 1. The van der Waals surface area contributed by atoms with Crippen LogP contribution in [0.4, 0.5) is 0 Å². The molecule has 1 aromatic carbocycles. The molecule has 0 saturated carbocycles. The molecule has 0 amide bonds.